The van der Waals surface area contributed by atoms with Gasteiger partial charge in [-0.05, 0) is 43.1 Å². The van der Waals surface area contributed by atoms with E-state index in [-0.39, 0.29) is 36.2 Å². The summed E-state index contributed by atoms with van der Waals surface area (Å²) in [7, 11) is -2.90. The first-order chi connectivity index (χ1) is 20.9. The van der Waals surface area contributed by atoms with Gasteiger partial charge in [-0.3, -0.25) is 0 Å². The summed E-state index contributed by atoms with van der Waals surface area (Å²) in [5.74, 6) is -2.50. The number of nitrogens with zero attached hydrogens (tertiary/aromatic N) is 3. The first-order valence-electron chi connectivity index (χ1n) is 15.0. The third-order valence-electron chi connectivity index (χ3n) is 7.88. The highest BCUT2D eigenvalue weighted by atomic mass is 28.4. The minimum absolute atomic E-state index is 0.0887. The molecule has 0 amide bonds. The Morgan fingerprint density at radius 1 is 0.886 bits per heavy atom. The van der Waals surface area contributed by atoms with Crippen molar-refractivity contribution < 1.29 is 37.7 Å². The van der Waals surface area contributed by atoms with Gasteiger partial charge >= 0.3 is 11.9 Å². The number of hydrogen-bond acceptors (Lipinski definition) is 10. The quantitative estimate of drug-likeness (QED) is 0.245. The average molecular weight is 624 g/mol. The van der Waals surface area contributed by atoms with Crippen molar-refractivity contribution in [2.45, 2.75) is 83.8 Å². The lowest BCUT2D eigenvalue weighted by Crippen LogP contribution is -2.67. The van der Waals surface area contributed by atoms with E-state index < -0.39 is 50.6 Å². The van der Waals surface area contributed by atoms with Gasteiger partial charge in [0.05, 0.1) is 19.8 Å². The van der Waals surface area contributed by atoms with Gasteiger partial charge in [-0.2, -0.15) is 0 Å². The molecule has 2 aromatic carbocycles. The van der Waals surface area contributed by atoms with Crippen molar-refractivity contribution >= 4 is 30.6 Å². The second-order valence-corrected chi connectivity index (χ2v) is 16.6. The summed E-state index contributed by atoms with van der Waals surface area (Å²) in [5.41, 5.74) is -0.424. The first kappa shape index (κ1) is 32.0. The summed E-state index contributed by atoms with van der Waals surface area (Å²) in [5, 5.41) is 10.2. The normalized spacial score (nSPS) is 22.9. The predicted octanol–water partition coefficient (Wildman–Crippen LogP) is 3.63. The molecule has 0 bridgehead atoms. The van der Waals surface area contributed by atoms with Crippen molar-refractivity contribution in [2.24, 2.45) is 0 Å². The topological polar surface area (TPSA) is 120 Å². The molecule has 2 saturated heterocycles. The molecule has 0 N–H and O–H groups in total. The maximum atomic E-state index is 13.1. The minimum atomic E-state index is -2.90. The molecule has 2 aliphatic heterocycles. The van der Waals surface area contributed by atoms with Gasteiger partial charge in [0.2, 0.25) is 5.69 Å². The lowest BCUT2D eigenvalue weighted by molar-refractivity contribution is -0.201. The van der Waals surface area contributed by atoms with Crippen LogP contribution in [0.3, 0.4) is 0 Å². The molecule has 0 aliphatic carbocycles. The number of aromatic nitrogens is 3. The van der Waals surface area contributed by atoms with E-state index in [0.29, 0.717) is 0 Å². The van der Waals surface area contributed by atoms with Gasteiger partial charge in [-0.1, -0.05) is 86.6 Å². The maximum Gasteiger partial charge on any atom is 0.361 e. The number of rotatable bonds is 10. The van der Waals surface area contributed by atoms with Crippen LogP contribution in [0.5, 0.6) is 0 Å². The number of ether oxygens (including phenoxy) is 5. The number of carbonyl (C=O) groups excluding carboxylic acids is 2. The number of fused-ring (bicyclic) bond motifs is 1. The van der Waals surface area contributed by atoms with E-state index in [1.807, 2.05) is 50.2 Å². The van der Waals surface area contributed by atoms with Crippen LogP contribution in [0.15, 0.2) is 60.7 Å². The van der Waals surface area contributed by atoms with E-state index in [1.165, 1.54) is 4.68 Å². The third-order valence-corrected chi connectivity index (χ3v) is 12.9. The molecular formula is C32H41N3O8Si. The van der Waals surface area contributed by atoms with Gasteiger partial charge < -0.3 is 28.1 Å². The molecule has 3 aromatic rings. The standard InChI is InChI=1S/C32H41N3O8Si/c1-8-38-29(36)24-25(30(37)39-9-2)35(34-33-24)28-27-26(42-32(6,7)43-27)23(41-28)20-40-44(31(3,4)5,21-16-12-10-13-17-21)22-18-14-11-15-19-22/h10-19,23,26-28H,8-9,20H2,1-7H3/t23-,26-,27-,28+/m1/s1. The molecule has 2 fully saturated rings. The zero-order chi connectivity index (χ0) is 31.7. The van der Waals surface area contributed by atoms with Gasteiger partial charge in [0.1, 0.15) is 18.3 Å². The molecular weight excluding hydrogens is 582 g/mol. The van der Waals surface area contributed by atoms with Gasteiger partial charge in [0.25, 0.3) is 8.32 Å². The van der Waals surface area contributed by atoms with Crippen LogP contribution in [-0.2, 0) is 28.1 Å². The van der Waals surface area contributed by atoms with E-state index in [2.05, 4.69) is 55.3 Å². The molecule has 5 rings (SSSR count). The molecule has 236 valence electrons. The van der Waals surface area contributed by atoms with Crippen LogP contribution in [0.1, 0.15) is 75.7 Å². The van der Waals surface area contributed by atoms with Gasteiger partial charge in [-0.25, -0.2) is 14.3 Å². The number of hydrogen-bond donors (Lipinski definition) is 0. The minimum Gasteiger partial charge on any atom is -0.461 e. The molecule has 11 nitrogen and oxygen atoms in total. The van der Waals surface area contributed by atoms with Crippen LogP contribution in [0.4, 0.5) is 0 Å². The summed E-state index contributed by atoms with van der Waals surface area (Å²) in [6, 6.07) is 20.6. The molecule has 4 atom stereocenters. The summed E-state index contributed by atoms with van der Waals surface area (Å²) in [4.78, 5) is 25.8. The van der Waals surface area contributed by atoms with E-state index in [0.717, 1.165) is 10.4 Å². The van der Waals surface area contributed by atoms with Crippen molar-refractivity contribution in [2.75, 3.05) is 19.8 Å². The lowest BCUT2D eigenvalue weighted by Gasteiger charge is -2.43. The van der Waals surface area contributed by atoms with E-state index >= 15 is 0 Å². The maximum absolute atomic E-state index is 13.1. The van der Waals surface area contributed by atoms with Gasteiger partial charge in [-0.15, -0.1) is 5.10 Å². The summed E-state index contributed by atoms with van der Waals surface area (Å²) in [6.45, 7) is 14.0. The SMILES string of the molecule is CCOC(=O)c1nnn([C@H]2O[C@H](CO[Si](c3ccccc3)(c3ccccc3)C(C)(C)C)[C@H]3OC(C)(C)O[C@H]32)c1C(=O)OCC. The molecule has 0 spiro atoms. The van der Waals surface area contributed by atoms with Crippen LogP contribution in [0.25, 0.3) is 0 Å². The van der Waals surface area contributed by atoms with E-state index in [9.17, 15) is 9.59 Å². The van der Waals surface area contributed by atoms with Crippen LogP contribution in [-0.4, -0.2) is 79.2 Å². The molecule has 1 aromatic heterocycles. The number of benzene rings is 2. The van der Waals surface area contributed by atoms with Crippen molar-refractivity contribution in [3.8, 4) is 0 Å². The average Bonchev–Trinajstić information content (AvgIpc) is 3.65. The monoisotopic (exact) mass is 623 g/mol. The molecule has 0 saturated carbocycles. The van der Waals surface area contributed by atoms with Crippen LogP contribution >= 0.6 is 0 Å². The molecule has 44 heavy (non-hydrogen) atoms. The highest BCUT2D eigenvalue weighted by Gasteiger charge is 2.58. The number of carbonyl (C=O) groups is 2. The fraction of sp³-hybridized carbons (Fsp3) is 0.500. The second-order valence-electron chi connectivity index (χ2n) is 12.3. The van der Waals surface area contributed by atoms with Crippen molar-refractivity contribution in [3.05, 3.63) is 72.1 Å². The Kier molecular flexibility index (Phi) is 9.10. The van der Waals surface area contributed by atoms with Crippen molar-refractivity contribution in [1.29, 1.82) is 0 Å². The van der Waals surface area contributed by atoms with Crippen LogP contribution < -0.4 is 10.4 Å². The lowest BCUT2D eigenvalue weighted by atomic mass is 10.1. The summed E-state index contributed by atoms with van der Waals surface area (Å²) < 4.78 is 38.0. The van der Waals surface area contributed by atoms with E-state index in [1.54, 1.807) is 13.8 Å². The van der Waals surface area contributed by atoms with Gasteiger partial charge in [0.15, 0.2) is 17.7 Å². The summed E-state index contributed by atoms with van der Waals surface area (Å²) >= 11 is 0. The fourth-order valence-corrected chi connectivity index (χ4v) is 10.7. The predicted molar refractivity (Wildman–Crippen MR) is 163 cm³/mol. The first-order valence-corrected chi connectivity index (χ1v) is 16.9. The molecule has 0 unspecified atom stereocenters. The zero-order valence-corrected chi connectivity index (χ0v) is 27.3. The Morgan fingerprint density at radius 2 is 1.43 bits per heavy atom. The van der Waals surface area contributed by atoms with E-state index in [4.69, 9.17) is 28.1 Å². The van der Waals surface area contributed by atoms with Crippen LogP contribution in [0, 0.1) is 0 Å². The largest absolute Gasteiger partial charge is 0.461 e. The fourth-order valence-electron chi connectivity index (χ4n) is 6.16. The Bertz CT molecular complexity index is 1420. The van der Waals surface area contributed by atoms with Crippen molar-refractivity contribution in [3.63, 3.8) is 0 Å². The Hall–Kier alpha value is -3.42. The molecule has 2 aliphatic rings. The highest BCUT2D eigenvalue weighted by Crippen LogP contribution is 2.44. The third kappa shape index (κ3) is 5.84. The molecule has 0 radical (unpaired) electrons. The zero-order valence-electron chi connectivity index (χ0n) is 26.3. The Balaban J connectivity index is 1.53. The molecule has 3 heterocycles. The van der Waals surface area contributed by atoms with Gasteiger partial charge in [0, 0.05) is 0 Å². The summed E-state index contributed by atoms with van der Waals surface area (Å²) in [6.07, 6.45) is -2.79. The Labute approximate surface area is 258 Å². The van der Waals surface area contributed by atoms with Crippen LogP contribution in [0.2, 0.25) is 5.04 Å². The smallest absolute Gasteiger partial charge is 0.361 e. The Morgan fingerprint density at radius 3 is 1.98 bits per heavy atom. The molecule has 12 heteroatoms. The highest BCUT2D eigenvalue weighted by molar-refractivity contribution is 6.99. The van der Waals surface area contributed by atoms with Crippen molar-refractivity contribution in [1.82, 2.24) is 15.0 Å². The second kappa shape index (κ2) is 12.5. The number of esters is 2.